The summed E-state index contributed by atoms with van der Waals surface area (Å²) < 4.78 is 1.75. The van der Waals surface area contributed by atoms with E-state index < -0.39 is 0 Å². The summed E-state index contributed by atoms with van der Waals surface area (Å²) in [5.41, 5.74) is 18.0. The zero-order valence-electron chi connectivity index (χ0n) is 12.9. The van der Waals surface area contributed by atoms with Crippen molar-refractivity contribution in [1.82, 2.24) is 14.9 Å². The van der Waals surface area contributed by atoms with Gasteiger partial charge in [-0.25, -0.2) is 9.98 Å². The van der Waals surface area contributed by atoms with Gasteiger partial charge in [-0.1, -0.05) is 0 Å². The van der Waals surface area contributed by atoms with Crippen molar-refractivity contribution in [2.24, 2.45) is 27.2 Å². The van der Waals surface area contributed by atoms with Crippen molar-refractivity contribution in [3.63, 3.8) is 0 Å². The second kappa shape index (κ2) is 6.41. The SMILES string of the molecule is NC(N)=NC(N)=Nc1cc(C(=O)NC2CC2)ccc1-n1ccnc1. The van der Waals surface area contributed by atoms with E-state index in [2.05, 4.69) is 20.3 Å². The Balaban J connectivity index is 2.00. The number of hydrogen-bond donors (Lipinski definition) is 4. The second-order valence-electron chi connectivity index (χ2n) is 5.43. The van der Waals surface area contributed by atoms with Crippen LogP contribution in [-0.2, 0) is 0 Å². The van der Waals surface area contributed by atoms with Gasteiger partial charge in [-0.2, -0.15) is 4.99 Å². The van der Waals surface area contributed by atoms with Crippen molar-refractivity contribution in [2.75, 3.05) is 0 Å². The predicted molar refractivity (Wildman–Crippen MR) is 91.1 cm³/mol. The molecule has 0 unspecified atom stereocenters. The van der Waals surface area contributed by atoms with Gasteiger partial charge in [-0.3, -0.25) is 4.79 Å². The molecule has 1 aliphatic carbocycles. The highest BCUT2D eigenvalue weighted by Gasteiger charge is 2.24. The summed E-state index contributed by atoms with van der Waals surface area (Å²) in [7, 11) is 0. The molecule has 1 amide bonds. The lowest BCUT2D eigenvalue weighted by Crippen LogP contribution is -2.26. The van der Waals surface area contributed by atoms with Crippen LogP contribution in [-0.4, -0.2) is 33.4 Å². The third-order valence-electron chi connectivity index (χ3n) is 3.41. The van der Waals surface area contributed by atoms with E-state index in [0.717, 1.165) is 12.8 Å². The topological polar surface area (TPSA) is 150 Å². The first-order chi connectivity index (χ1) is 11.5. The minimum absolute atomic E-state index is 0.101. The molecule has 1 aromatic carbocycles. The molecule has 7 N–H and O–H groups in total. The number of aromatic nitrogens is 2. The predicted octanol–water partition coefficient (Wildman–Crippen LogP) is -0.0159. The van der Waals surface area contributed by atoms with Crippen molar-refractivity contribution in [1.29, 1.82) is 0 Å². The minimum Gasteiger partial charge on any atom is -0.370 e. The molecular formula is C15H18N8O. The molecule has 0 aliphatic heterocycles. The minimum atomic E-state index is -0.192. The molecule has 1 aromatic heterocycles. The number of guanidine groups is 2. The maximum absolute atomic E-state index is 12.2. The quantitative estimate of drug-likeness (QED) is 0.460. The van der Waals surface area contributed by atoms with E-state index >= 15 is 0 Å². The van der Waals surface area contributed by atoms with Crippen LogP contribution in [0.25, 0.3) is 5.69 Å². The Hall–Kier alpha value is -3.36. The lowest BCUT2D eigenvalue weighted by atomic mass is 10.1. The molecule has 3 rings (SSSR count). The van der Waals surface area contributed by atoms with Crippen LogP contribution >= 0.6 is 0 Å². The molecule has 0 atom stereocenters. The number of imidazole rings is 1. The van der Waals surface area contributed by atoms with Crippen LogP contribution in [0.3, 0.4) is 0 Å². The number of nitrogens with zero attached hydrogens (tertiary/aromatic N) is 4. The van der Waals surface area contributed by atoms with Gasteiger partial charge < -0.3 is 27.1 Å². The number of amides is 1. The summed E-state index contributed by atoms with van der Waals surface area (Å²) in [5, 5.41) is 2.93. The fraction of sp³-hybridized carbons (Fsp3) is 0.200. The number of rotatable bonds is 4. The normalized spacial score (nSPS) is 14.2. The highest BCUT2D eigenvalue weighted by Crippen LogP contribution is 2.26. The lowest BCUT2D eigenvalue weighted by molar-refractivity contribution is 0.0951. The van der Waals surface area contributed by atoms with Crippen molar-refractivity contribution in [3.8, 4) is 5.69 Å². The molecule has 1 heterocycles. The molecule has 0 spiro atoms. The molecule has 1 fully saturated rings. The van der Waals surface area contributed by atoms with Crippen molar-refractivity contribution in [2.45, 2.75) is 18.9 Å². The Bertz CT molecular complexity index is 801. The Morgan fingerprint density at radius 1 is 1.29 bits per heavy atom. The van der Waals surface area contributed by atoms with E-state index in [0.29, 0.717) is 16.9 Å². The largest absolute Gasteiger partial charge is 0.370 e. The first-order valence-electron chi connectivity index (χ1n) is 7.40. The standard InChI is InChI=1S/C15H18N8O/c16-14(17)22-15(18)21-11-7-9(13(24)20-10-2-3-10)1-4-12(11)23-6-5-19-8-23/h1,4-8,10H,2-3H2,(H,20,24)(H6,16,17,18,21,22). The molecule has 24 heavy (non-hydrogen) atoms. The van der Waals surface area contributed by atoms with E-state index in [9.17, 15) is 4.79 Å². The third kappa shape index (κ3) is 3.69. The summed E-state index contributed by atoms with van der Waals surface area (Å²) in [6, 6.07) is 5.40. The average Bonchev–Trinajstić information content (AvgIpc) is 3.16. The van der Waals surface area contributed by atoms with Gasteiger partial charge in [0, 0.05) is 24.0 Å². The Morgan fingerprint density at radius 3 is 2.71 bits per heavy atom. The molecule has 1 aliphatic rings. The average molecular weight is 326 g/mol. The van der Waals surface area contributed by atoms with Gasteiger partial charge in [0.2, 0.25) is 5.96 Å². The lowest BCUT2D eigenvalue weighted by Gasteiger charge is -2.10. The Labute approximate surface area is 138 Å². The number of carbonyl (C=O) groups excluding carboxylic acids is 1. The second-order valence-corrected chi connectivity index (χ2v) is 5.43. The first kappa shape index (κ1) is 15.5. The number of aliphatic imine (C=N–C) groups is 2. The van der Waals surface area contributed by atoms with Crippen LogP contribution < -0.4 is 22.5 Å². The van der Waals surface area contributed by atoms with Crippen LogP contribution in [0.15, 0.2) is 46.9 Å². The van der Waals surface area contributed by atoms with Crippen molar-refractivity contribution >= 4 is 23.5 Å². The van der Waals surface area contributed by atoms with Crippen molar-refractivity contribution < 1.29 is 4.79 Å². The summed E-state index contributed by atoms with van der Waals surface area (Å²) in [5.74, 6) is -0.439. The van der Waals surface area contributed by atoms with E-state index in [1.807, 2.05) is 0 Å². The molecule has 9 nitrogen and oxygen atoms in total. The Kier molecular flexibility index (Phi) is 4.15. The van der Waals surface area contributed by atoms with Crippen LogP contribution in [0.4, 0.5) is 5.69 Å². The zero-order valence-corrected chi connectivity index (χ0v) is 12.9. The van der Waals surface area contributed by atoms with Crippen molar-refractivity contribution in [3.05, 3.63) is 42.5 Å². The van der Waals surface area contributed by atoms with Gasteiger partial charge in [-0.15, -0.1) is 0 Å². The maximum Gasteiger partial charge on any atom is 0.251 e. The van der Waals surface area contributed by atoms with Crippen LogP contribution in [0.1, 0.15) is 23.2 Å². The molecule has 124 valence electrons. The number of benzene rings is 1. The van der Waals surface area contributed by atoms with Crippen LogP contribution in [0.2, 0.25) is 0 Å². The highest BCUT2D eigenvalue weighted by atomic mass is 16.1. The number of nitrogens with two attached hydrogens (primary N) is 3. The number of nitrogens with one attached hydrogen (secondary N) is 1. The fourth-order valence-electron chi connectivity index (χ4n) is 2.15. The fourth-order valence-corrected chi connectivity index (χ4v) is 2.15. The van der Waals surface area contributed by atoms with E-state index in [1.165, 1.54) is 0 Å². The smallest absolute Gasteiger partial charge is 0.251 e. The van der Waals surface area contributed by atoms with Gasteiger partial charge in [-0.05, 0) is 31.0 Å². The van der Waals surface area contributed by atoms with Crippen LogP contribution in [0.5, 0.6) is 0 Å². The first-order valence-corrected chi connectivity index (χ1v) is 7.40. The molecule has 0 bridgehead atoms. The number of carbonyl (C=O) groups is 1. The van der Waals surface area contributed by atoms with Gasteiger partial charge in [0.25, 0.3) is 5.91 Å². The van der Waals surface area contributed by atoms with Gasteiger partial charge in [0.1, 0.15) is 0 Å². The van der Waals surface area contributed by atoms with Gasteiger partial charge >= 0.3 is 0 Å². The van der Waals surface area contributed by atoms with E-state index in [-0.39, 0.29) is 23.9 Å². The third-order valence-corrected chi connectivity index (χ3v) is 3.41. The van der Waals surface area contributed by atoms with Gasteiger partial charge in [0.05, 0.1) is 17.7 Å². The zero-order chi connectivity index (χ0) is 17.1. The summed E-state index contributed by atoms with van der Waals surface area (Å²) in [4.78, 5) is 24.2. The summed E-state index contributed by atoms with van der Waals surface area (Å²) >= 11 is 0. The monoisotopic (exact) mass is 326 g/mol. The molecule has 2 aromatic rings. The number of hydrogen-bond acceptors (Lipinski definition) is 3. The molecule has 0 radical (unpaired) electrons. The maximum atomic E-state index is 12.2. The van der Waals surface area contributed by atoms with Gasteiger partial charge in [0.15, 0.2) is 5.96 Å². The van der Waals surface area contributed by atoms with Crippen LogP contribution in [0, 0.1) is 0 Å². The highest BCUT2D eigenvalue weighted by molar-refractivity contribution is 5.97. The summed E-state index contributed by atoms with van der Waals surface area (Å²) in [6.45, 7) is 0. The molecule has 1 saturated carbocycles. The van der Waals surface area contributed by atoms with E-state index in [4.69, 9.17) is 17.2 Å². The molecule has 9 heteroatoms. The van der Waals surface area contributed by atoms with E-state index in [1.54, 1.807) is 41.5 Å². The Morgan fingerprint density at radius 2 is 2.08 bits per heavy atom. The molecule has 0 saturated heterocycles. The molecular weight excluding hydrogens is 308 g/mol. The summed E-state index contributed by atoms with van der Waals surface area (Å²) in [6.07, 6.45) is 7.05.